The highest BCUT2D eigenvalue weighted by Gasteiger charge is 2.30. The minimum absolute atomic E-state index is 0.228. The number of anilines is 1. The zero-order valence-corrected chi connectivity index (χ0v) is 21.1. The average molecular weight is 523 g/mol. The number of alkyl halides is 3. The van der Waals surface area contributed by atoms with Crippen LogP contribution < -0.4 is 10.1 Å². The highest BCUT2D eigenvalue weighted by molar-refractivity contribution is 7.18. The van der Waals surface area contributed by atoms with Crippen molar-refractivity contribution < 1.29 is 17.9 Å². The van der Waals surface area contributed by atoms with Gasteiger partial charge in [-0.15, -0.1) is 24.5 Å². The van der Waals surface area contributed by atoms with Crippen molar-refractivity contribution >= 4 is 27.4 Å². The van der Waals surface area contributed by atoms with E-state index < -0.39 is 6.36 Å². The van der Waals surface area contributed by atoms with Crippen LogP contribution >= 0.6 is 11.3 Å². The van der Waals surface area contributed by atoms with Gasteiger partial charge in [-0.2, -0.15) is 0 Å². The molecular weight excluding hydrogens is 497 g/mol. The average Bonchev–Trinajstić information content (AvgIpc) is 3.46. The number of hydrogen-bond donors (Lipinski definition) is 2. The van der Waals surface area contributed by atoms with Gasteiger partial charge in [-0.25, -0.2) is 9.97 Å². The molecule has 5 aromatic rings. The molecule has 0 aliphatic rings. The summed E-state index contributed by atoms with van der Waals surface area (Å²) in [5.74, 6) is 1.29. The van der Waals surface area contributed by atoms with Crippen molar-refractivity contribution in [1.82, 2.24) is 15.0 Å². The van der Waals surface area contributed by atoms with Crippen LogP contribution in [0.5, 0.6) is 5.75 Å². The smallest absolute Gasteiger partial charge is 0.406 e. The molecule has 0 radical (unpaired) electrons. The summed E-state index contributed by atoms with van der Waals surface area (Å²) in [6, 6.07) is 20.1. The summed E-state index contributed by atoms with van der Waals surface area (Å²) in [5.41, 5.74) is 4.91. The van der Waals surface area contributed by atoms with Crippen LogP contribution in [-0.2, 0) is 6.42 Å². The Bertz CT molecular complexity index is 1510. The minimum atomic E-state index is -4.69. The van der Waals surface area contributed by atoms with Gasteiger partial charge in [0.1, 0.15) is 16.4 Å². The highest BCUT2D eigenvalue weighted by Crippen LogP contribution is 2.31. The molecule has 0 fully saturated rings. The lowest BCUT2D eigenvalue weighted by atomic mass is 10.0. The lowest BCUT2D eigenvalue weighted by Gasteiger charge is -2.10. The van der Waals surface area contributed by atoms with E-state index in [1.807, 2.05) is 43.3 Å². The number of aromatic nitrogens is 3. The number of H-pyrrole nitrogens is 1. The number of benzene rings is 2. The monoisotopic (exact) mass is 522 g/mol. The summed E-state index contributed by atoms with van der Waals surface area (Å²) >= 11 is 1.66. The molecule has 0 atom stereocenters. The second kappa shape index (κ2) is 10.3. The second-order valence-corrected chi connectivity index (χ2v) is 10.1. The fourth-order valence-electron chi connectivity index (χ4n) is 4.14. The number of aryl methyl sites for hydroxylation is 3. The number of halogens is 3. The first-order chi connectivity index (χ1) is 17.7. The van der Waals surface area contributed by atoms with Crippen LogP contribution in [0.25, 0.3) is 32.9 Å². The van der Waals surface area contributed by atoms with Crippen molar-refractivity contribution in [3.8, 4) is 28.4 Å². The number of hydrogen-bond acceptors (Lipinski definition) is 5. The molecule has 0 aliphatic carbocycles. The Morgan fingerprint density at radius 1 is 0.919 bits per heavy atom. The molecule has 5 nitrogen and oxygen atoms in total. The van der Waals surface area contributed by atoms with Crippen molar-refractivity contribution in [3.05, 3.63) is 82.9 Å². The summed E-state index contributed by atoms with van der Waals surface area (Å²) < 4.78 is 41.0. The van der Waals surface area contributed by atoms with E-state index >= 15 is 0 Å². The van der Waals surface area contributed by atoms with Gasteiger partial charge >= 0.3 is 6.36 Å². The molecule has 5 rings (SSSR count). The number of nitrogens with zero attached hydrogens (tertiary/aromatic N) is 2. The van der Waals surface area contributed by atoms with Crippen LogP contribution in [-0.4, -0.2) is 27.9 Å². The van der Waals surface area contributed by atoms with E-state index in [4.69, 9.17) is 9.97 Å². The fraction of sp³-hybridized carbons (Fsp3) is 0.214. The molecule has 0 saturated carbocycles. The van der Waals surface area contributed by atoms with Gasteiger partial charge in [0.2, 0.25) is 0 Å². The number of rotatable bonds is 8. The van der Waals surface area contributed by atoms with Gasteiger partial charge in [-0.05, 0) is 73.7 Å². The van der Waals surface area contributed by atoms with Crippen molar-refractivity contribution in [2.75, 3.05) is 11.9 Å². The third kappa shape index (κ3) is 6.11. The van der Waals surface area contributed by atoms with E-state index in [1.54, 1.807) is 23.5 Å². The van der Waals surface area contributed by atoms with Crippen LogP contribution in [0.15, 0.2) is 66.7 Å². The molecule has 0 aliphatic heterocycles. The van der Waals surface area contributed by atoms with E-state index in [1.165, 1.54) is 22.6 Å². The molecular formula is C28H25F3N4OS. The molecule has 37 heavy (non-hydrogen) atoms. The summed E-state index contributed by atoms with van der Waals surface area (Å²) in [6.07, 6.45) is -2.90. The number of nitrogens with one attached hydrogen (secondary N) is 2. The molecule has 2 aromatic carbocycles. The summed E-state index contributed by atoms with van der Waals surface area (Å²) in [6.45, 7) is 4.84. The van der Waals surface area contributed by atoms with Crippen molar-refractivity contribution in [3.63, 3.8) is 0 Å². The maximum absolute atomic E-state index is 12.4. The molecule has 0 bridgehead atoms. The van der Waals surface area contributed by atoms with E-state index in [0.717, 1.165) is 57.9 Å². The first-order valence-corrected chi connectivity index (χ1v) is 12.7. The molecule has 3 aromatic heterocycles. The van der Waals surface area contributed by atoms with E-state index in [-0.39, 0.29) is 5.75 Å². The summed E-state index contributed by atoms with van der Waals surface area (Å²) in [5, 5.41) is 4.53. The second-order valence-electron chi connectivity index (χ2n) is 8.83. The lowest BCUT2D eigenvalue weighted by molar-refractivity contribution is -0.274. The molecule has 3 heterocycles. The van der Waals surface area contributed by atoms with Gasteiger partial charge in [0.05, 0.1) is 11.1 Å². The van der Waals surface area contributed by atoms with Crippen molar-refractivity contribution in [2.24, 2.45) is 0 Å². The van der Waals surface area contributed by atoms with Gasteiger partial charge in [-0.3, -0.25) is 0 Å². The third-order valence-electron chi connectivity index (χ3n) is 5.90. The SMILES string of the molecule is Cc1ccc(-c2nc(NCCCc3ccc(-c4ccc(OC(F)(F)F)cc4)cc3)c3cc(C)sc3n2)[nH]1. The number of aromatic amines is 1. The molecule has 190 valence electrons. The minimum Gasteiger partial charge on any atom is -0.406 e. The number of thiophene rings is 1. The Balaban J connectivity index is 1.20. The van der Waals surface area contributed by atoms with Gasteiger partial charge in [0, 0.05) is 17.1 Å². The van der Waals surface area contributed by atoms with Gasteiger partial charge in [-0.1, -0.05) is 36.4 Å². The van der Waals surface area contributed by atoms with Crippen LogP contribution in [0, 0.1) is 13.8 Å². The first kappa shape index (κ1) is 24.8. The van der Waals surface area contributed by atoms with Crippen LogP contribution in [0.1, 0.15) is 22.6 Å². The zero-order valence-electron chi connectivity index (χ0n) is 20.3. The first-order valence-electron chi connectivity index (χ1n) is 11.9. The molecule has 0 amide bonds. The van der Waals surface area contributed by atoms with Gasteiger partial charge < -0.3 is 15.0 Å². The molecule has 9 heteroatoms. The van der Waals surface area contributed by atoms with Gasteiger partial charge in [0.15, 0.2) is 5.82 Å². The number of ether oxygens (including phenoxy) is 1. The Morgan fingerprint density at radius 2 is 1.62 bits per heavy atom. The van der Waals surface area contributed by atoms with E-state index in [9.17, 15) is 13.2 Å². The van der Waals surface area contributed by atoms with E-state index in [0.29, 0.717) is 5.82 Å². The van der Waals surface area contributed by atoms with Crippen LogP contribution in [0.2, 0.25) is 0 Å². The lowest BCUT2D eigenvalue weighted by Crippen LogP contribution is -2.16. The maximum Gasteiger partial charge on any atom is 0.573 e. The highest BCUT2D eigenvalue weighted by atomic mass is 32.1. The Kier molecular flexibility index (Phi) is 6.88. The largest absolute Gasteiger partial charge is 0.573 e. The standard InChI is InChI=1S/C28H25F3N4OS/c1-17-5-14-24(33-17)26-34-25(23-16-18(2)37-27(23)35-26)32-15-3-4-19-6-8-20(9-7-19)21-10-12-22(13-11-21)36-28(29,30)31/h5-14,16,33H,3-4,15H2,1-2H3,(H,32,34,35). The number of fused-ring (bicyclic) bond motifs is 1. The summed E-state index contributed by atoms with van der Waals surface area (Å²) in [4.78, 5) is 15.0. The Hall–Kier alpha value is -3.85. The van der Waals surface area contributed by atoms with Crippen molar-refractivity contribution in [1.29, 1.82) is 0 Å². The molecule has 0 unspecified atom stereocenters. The molecule has 0 saturated heterocycles. The Morgan fingerprint density at radius 3 is 2.27 bits per heavy atom. The van der Waals surface area contributed by atoms with Gasteiger partial charge in [0.25, 0.3) is 0 Å². The normalized spacial score (nSPS) is 11.7. The fourth-order valence-corrected chi connectivity index (χ4v) is 5.02. The predicted octanol–water partition coefficient (Wildman–Crippen LogP) is 7.91. The van der Waals surface area contributed by atoms with Crippen LogP contribution in [0.3, 0.4) is 0 Å². The maximum atomic E-state index is 12.4. The van der Waals surface area contributed by atoms with Crippen LogP contribution in [0.4, 0.5) is 19.0 Å². The molecule has 2 N–H and O–H groups in total. The third-order valence-corrected chi connectivity index (χ3v) is 6.84. The zero-order chi connectivity index (χ0) is 26.0. The van der Waals surface area contributed by atoms with Crippen molar-refractivity contribution in [2.45, 2.75) is 33.1 Å². The Labute approximate surface area is 216 Å². The predicted molar refractivity (Wildman–Crippen MR) is 142 cm³/mol. The topological polar surface area (TPSA) is 62.8 Å². The quantitative estimate of drug-likeness (QED) is 0.203. The molecule has 0 spiro atoms. The summed E-state index contributed by atoms with van der Waals surface area (Å²) in [7, 11) is 0. The van der Waals surface area contributed by atoms with E-state index in [2.05, 4.69) is 28.0 Å².